The van der Waals surface area contributed by atoms with Crippen LogP contribution in [0.25, 0.3) is 0 Å². The molecule has 0 bridgehead atoms. The van der Waals surface area contributed by atoms with Gasteiger partial charge >= 0.3 is 0 Å². The molecular weight excluding hydrogens is 304 g/mol. The molecule has 0 saturated heterocycles. The van der Waals surface area contributed by atoms with Crippen molar-refractivity contribution in [2.75, 3.05) is 0 Å². The van der Waals surface area contributed by atoms with Gasteiger partial charge in [0.2, 0.25) is 5.88 Å². The zero-order valence-corrected chi connectivity index (χ0v) is 11.5. The number of hydrogen-bond acceptors (Lipinski definition) is 3. The van der Waals surface area contributed by atoms with Crippen LogP contribution in [0.1, 0.15) is 12.5 Å². The molecule has 0 atom stereocenters. The van der Waals surface area contributed by atoms with Crippen molar-refractivity contribution in [1.82, 2.24) is 9.97 Å². The summed E-state index contributed by atoms with van der Waals surface area (Å²) in [7, 11) is 0. The minimum Gasteiger partial charge on any atom is -0.439 e. The Balaban J connectivity index is 2.24. The van der Waals surface area contributed by atoms with Gasteiger partial charge in [-0.15, -0.1) is 0 Å². The highest BCUT2D eigenvalue weighted by Gasteiger charge is 2.03. The molecule has 0 unspecified atom stereocenters. The van der Waals surface area contributed by atoms with Crippen molar-refractivity contribution >= 4 is 27.5 Å². The summed E-state index contributed by atoms with van der Waals surface area (Å²) >= 11 is 9.30. The third-order valence-corrected chi connectivity index (χ3v) is 3.03. The van der Waals surface area contributed by atoms with Crippen molar-refractivity contribution < 1.29 is 4.74 Å². The van der Waals surface area contributed by atoms with Gasteiger partial charge in [-0.05, 0) is 46.1 Å². The molecule has 0 aliphatic carbocycles. The van der Waals surface area contributed by atoms with Crippen molar-refractivity contribution in [2.45, 2.75) is 13.3 Å². The number of hydrogen-bond donors (Lipinski definition) is 0. The van der Waals surface area contributed by atoms with Crippen LogP contribution in [-0.2, 0) is 6.42 Å². The van der Waals surface area contributed by atoms with E-state index >= 15 is 0 Å². The minimum absolute atomic E-state index is 0.497. The summed E-state index contributed by atoms with van der Waals surface area (Å²) in [6, 6.07) is 7.27. The van der Waals surface area contributed by atoms with Gasteiger partial charge in [0, 0.05) is 11.1 Å². The highest BCUT2D eigenvalue weighted by Crippen LogP contribution is 2.26. The summed E-state index contributed by atoms with van der Waals surface area (Å²) in [5, 5.41) is 0.753. The Labute approximate surface area is 113 Å². The van der Waals surface area contributed by atoms with Crippen molar-refractivity contribution in [3.8, 4) is 11.6 Å². The minimum atomic E-state index is 0.497. The SMILES string of the molecule is CCc1cc(Oc2cc(Br)ncn2)ccc1Cl. The first kappa shape index (κ1) is 12.3. The van der Waals surface area contributed by atoms with E-state index in [9.17, 15) is 0 Å². The van der Waals surface area contributed by atoms with Gasteiger partial charge in [0.05, 0.1) is 0 Å². The predicted molar refractivity (Wildman–Crippen MR) is 70.6 cm³/mol. The Morgan fingerprint density at radius 3 is 2.82 bits per heavy atom. The van der Waals surface area contributed by atoms with Gasteiger partial charge in [0.25, 0.3) is 0 Å². The molecule has 1 aromatic heterocycles. The number of ether oxygens (including phenoxy) is 1. The van der Waals surface area contributed by atoms with Crippen LogP contribution in [0, 0.1) is 0 Å². The maximum absolute atomic E-state index is 6.04. The fourth-order valence-electron chi connectivity index (χ4n) is 1.38. The van der Waals surface area contributed by atoms with Crippen molar-refractivity contribution in [1.29, 1.82) is 0 Å². The van der Waals surface area contributed by atoms with Crippen LogP contribution in [0.15, 0.2) is 35.2 Å². The first-order valence-electron chi connectivity index (χ1n) is 5.13. The van der Waals surface area contributed by atoms with Crippen LogP contribution in [0.5, 0.6) is 11.6 Å². The Kier molecular flexibility index (Phi) is 3.97. The monoisotopic (exact) mass is 312 g/mol. The first-order valence-corrected chi connectivity index (χ1v) is 6.30. The first-order chi connectivity index (χ1) is 8.19. The predicted octanol–water partition coefficient (Wildman–Crippen LogP) is 4.25. The van der Waals surface area contributed by atoms with E-state index in [1.54, 1.807) is 6.07 Å². The standard InChI is InChI=1S/C12H10BrClN2O/c1-2-8-5-9(3-4-10(8)14)17-12-6-11(13)15-7-16-12/h3-7H,2H2,1H3. The van der Waals surface area contributed by atoms with Crippen molar-refractivity contribution in [3.05, 3.63) is 45.8 Å². The molecule has 0 aliphatic heterocycles. The molecular formula is C12H10BrClN2O. The topological polar surface area (TPSA) is 35.0 Å². The number of aromatic nitrogens is 2. The lowest BCUT2D eigenvalue weighted by atomic mass is 10.1. The Morgan fingerprint density at radius 1 is 1.29 bits per heavy atom. The smallest absolute Gasteiger partial charge is 0.223 e. The van der Waals surface area contributed by atoms with E-state index in [1.807, 2.05) is 25.1 Å². The number of aryl methyl sites for hydroxylation is 1. The van der Waals surface area contributed by atoms with Gasteiger partial charge < -0.3 is 4.74 Å². The number of benzene rings is 1. The van der Waals surface area contributed by atoms with Crippen LogP contribution < -0.4 is 4.74 Å². The van der Waals surface area contributed by atoms with Gasteiger partial charge in [-0.3, -0.25) is 0 Å². The molecule has 1 heterocycles. The second-order valence-corrected chi connectivity index (χ2v) is 4.61. The third kappa shape index (κ3) is 3.17. The molecule has 17 heavy (non-hydrogen) atoms. The van der Waals surface area contributed by atoms with Gasteiger partial charge in [-0.25, -0.2) is 9.97 Å². The third-order valence-electron chi connectivity index (χ3n) is 2.23. The van der Waals surface area contributed by atoms with E-state index in [0.717, 1.165) is 22.8 Å². The number of rotatable bonds is 3. The van der Waals surface area contributed by atoms with Crippen LogP contribution in [0.3, 0.4) is 0 Å². The molecule has 0 saturated carbocycles. The van der Waals surface area contributed by atoms with Crippen LogP contribution in [0.4, 0.5) is 0 Å². The average molecular weight is 314 g/mol. The molecule has 2 rings (SSSR count). The van der Waals surface area contributed by atoms with Gasteiger partial charge in [-0.1, -0.05) is 18.5 Å². The molecule has 1 aromatic carbocycles. The highest BCUT2D eigenvalue weighted by molar-refractivity contribution is 9.10. The largest absolute Gasteiger partial charge is 0.439 e. The van der Waals surface area contributed by atoms with Crippen LogP contribution in [-0.4, -0.2) is 9.97 Å². The number of nitrogens with zero attached hydrogens (tertiary/aromatic N) is 2. The maximum Gasteiger partial charge on any atom is 0.223 e. The molecule has 88 valence electrons. The Hall–Kier alpha value is -1.13. The molecule has 5 heteroatoms. The molecule has 0 fully saturated rings. The molecule has 0 radical (unpaired) electrons. The second kappa shape index (κ2) is 5.47. The molecule has 3 nitrogen and oxygen atoms in total. The highest BCUT2D eigenvalue weighted by atomic mass is 79.9. The molecule has 0 amide bonds. The van der Waals surface area contributed by atoms with E-state index in [1.165, 1.54) is 6.33 Å². The van der Waals surface area contributed by atoms with Crippen LogP contribution >= 0.6 is 27.5 Å². The quantitative estimate of drug-likeness (QED) is 0.795. The fourth-order valence-corrected chi connectivity index (χ4v) is 1.92. The maximum atomic E-state index is 6.04. The lowest BCUT2D eigenvalue weighted by molar-refractivity contribution is 0.460. The molecule has 0 spiro atoms. The van der Waals surface area contributed by atoms with Gasteiger partial charge in [0.1, 0.15) is 16.7 Å². The Morgan fingerprint density at radius 2 is 2.12 bits per heavy atom. The van der Waals surface area contributed by atoms with Gasteiger partial charge in [0.15, 0.2) is 0 Å². The van der Waals surface area contributed by atoms with E-state index < -0.39 is 0 Å². The Bertz CT molecular complexity index is 534. The summed E-state index contributed by atoms with van der Waals surface area (Å²) in [6.45, 7) is 2.05. The zero-order chi connectivity index (χ0) is 12.3. The van der Waals surface area contributed by atoms with E-state index in [2.05, 4.69) is 25.9 Å². The van der Waals surface area contributed by atoms with Gasteiger partial charge in [-0.2, -0.15) is 0 Å². The summed E-state index contributed by atoms with van der Waals surface area (Å²) < 4.78 is 6.30. The lowest BCUT2D eigenvalue weighted by Crippen LogP contribution is -1.90. The van der Waals surface area contributed by atoms with Crippen molar-refractivity contribution in [3.63, 3.8) is 0 Å². The lowest BCUT2D eigenvalue weighted by Gasteiger charge is -2.07. The fraction of sp³-hybridized carbons (Fsp3) is 0.167. The van der Waals surface area contributed by atoms with Crippen LogP contribution in [0.2, 0.25) is 5.02 Å². The van der Waals surface area contributed by atoms with E-state index in [-0.39, 0.29) is 0 Å². The average Bonchev–Trinajstić information content (AvgIpc) is 2.32. The summed E-state index contributed by atoms with van der Waals surface area (Å²) in [6.07, 6.45) is 2.31. The normalized spacial score (nSPS) is 10.3. The summed E-state index contributed by atoms with van der Waals surface area (Å²) in [4.78, 5) is 7.95. The summed E-state index contributed by atoms with van der Waals surface area (Å²) in [5.74, 6) is 1.22. The number of halogens is 2. The zero-order valence-electron chi connectivity index (χ0n) is 9.15. The molecule has 0 aliphatic rings. The molecule has 0 N–H and O–H groups in total. The second-order valence-electron chi connectivity index (χ2n) is 3.39. The summed E-state index contributed by atoms with van der Waals surface area (Å²) in [5.41, 5.74) is 1.05. The molecule has 2 aromatic rings. The van der Waals surface area contributed by atoms with E-state index in [4.69, 9.17) is 16.3 Å². The van der Waals surface area contributed by atoms with Crippen molar-refractivity contribution in [2.24, 2.45) is 0 Å². The van der Waals surface area contributed by atoms with E-state index in [0.29, 0.717) is 10.5 Å².